The van der Waals surface area contributed by atoms with E-state index < -0.39 is 0 Å². The van der Waals surface area contributed by atoms with Crippen molar-refractivity contribution in [1.82, 2.24) is 0 Å². The van der Waals surface area contributed by atoms with Gasteiger partial charge in [0.2, 0.25) is 0 Å². The van der Waals surface area contributed by atoms with Crippen molar-refractivity contribution in [3.05, 3.63) is 48.5 Å². The maximum atomic E-state index is 12.3. The lowest BCUT2D eigenvalue weighted by Gasteiger charge is -2.36. The molecule has 0 saturated carbocycles. The van der Waals surface area contributed by atoms with Gasteiger partial charge < -0.3 is 20.7 Å². The summed E-state index contributed by atoms with van der Waals surface area (Å²) in [6.07, 6.45) is 3.58. The predicted molar refractivity (Wildman–Crippen MR) is 102 cm³/mol. The van der Waals surface area contributed by atoms with Crippen LogP contribution < -0.4 is 20.7 Å². The molecule has 1 amide bonds. The fourth-order valence-corrected chi connectivity index (χ4v) is 3.21. The number of amides is 1. The minimum Gasteiger partial charge on any atom is -0.484 e. The lowest BCUT2D eigenvalue weighted by molar-refractivity contribution is -0.118. The zero-order valence-electron chi connectivity index (χ0n) is 14.6. The molecule has 3 rings (SSSR count). The van der Waals surface area contributed by atoms with Crippen LogP contribution >= 0.6 is 0 Å². The summed E-state index contributed by atoms with van der Waals surface area (Å²) in [5.41, 5.74) is 8.33. The van der Waals surface area contributed by atoms with Crippen molar-refractivity contribution in [2.75, 3.05) is 29.1 Å². The number of nitrogens with zero attached hydrogens (tertiary/aromatic N) is 1. The maximum Gasteiger partial charge on any atom is 0.262 e. The summed E-state index contributed by atoms with van der Waals surface area (Å²) >= 11 is 0. The Bertz CT molecular complexity index is 718. The zero-order chi connectivity index (χ0) is 17.6. The van der Waals surface area contributed by atoms with E-state index in [2.05, 4.69) is 17.1 Å². The molecular formula is C20H25N3O2. The Balaban J connectivity index is 1.70. The van der Waals surface area contributed by atoms with Crippen LogP contribution in [-0.2, 0) is 4.79 Å². The molecule has 1 aliphatic heterocycles. The number of hydrogen-bond acceptors (Lipinski definition) is 4. The van der Waals surface area contributed by atoms with Gasteiger partial charge in [-0.1, -0.05) is 18.2 Å². The number of nitrogens with one attached hydrogen (secondary N) is 1. The van der Waals surface area contributed by atoms with Gasteiger partial charge in [-0.05, 0) is 56.5 Å². The summed E-state index contributed by atoms with van der Waals surface area (Å²) in [6.45, 7) is 3.18. The fourth-order valence-electron chi connectivity index (χ4n) is 3.21. The number of hydrogen-bond donors (Lipinski definition) is 2. The first-order chi connectivity index (χ1) is 12.1. The largest absolute Gasteiger partial charge is 0.484 e. The van der Waals surface area contributed by atoms with Crippen molar-refractivity contribution in [1.29, 1.82) is 0 Å². The number of carbonyl (C=O) groups excluding carboxylic acids is 1. The van der Waals surface area contributed by atoms with E-state index in [1.54, 1.807) is 0 Å². The number of anilines is 3. The Labute approximate surface area is 148 Å². The van der Waals surface area contributed by atoms with Crippen LogP contribution in [0.2, 0.25) is 0 Å². The predicted octanol–water partition coefficient (Wildman–Crippen LogP) is 3.67. The minimum atomic E-state index is -0.194. The third-order valence-electron chi connectivity index (χ3n) is 4.52. The van der Waals surface area contributed by atoms with Crippen LogP contribution in [-0.4, -0.2) is 25.1 Å². The Morgan fingerprint density at radius 2 is 2.04 bits per heavy atom. The number of carbonyl (C=O) groups is 1. The highest BCUT2D eigenvalue weighted by Crippen LogP contribution is 2.32. The Morgan fingerprint density at radius 1 is 1.24 bits per heavy atom. The molecule has 25 heavy (non-hydrogen) atoms. The standard InChI is InChI=1S/C20H25N3O2/c1-15-7-5-6-12-23(15)19-11-10-16(21)13-18(19)22-20(24)14-25-17-8-3-2-4-9-17/h2-4,8-11,13,15H,5-7,12,14,21H2,1H3,(H,22,24). The van der Waals surface area contributed by atoms with E-state index in [-0.39, 0.29) is 12.5 Å². The highest BCUT2D eigenvalue weighted by Gasteiger charge is 2.21. The van der Waals surface area contributed by atoms with Crippen LogP contribution in [0.1, 0.15) is 26.2 Å². The molecule has 1 saturated heterocycles. The first-order valence-corrected chi connectivity index (χ1v) is 8.77. The van der Waals surface area contributed by atoms with E-state index in [0.717, 1.165) is 24.3 Å². The van der Waals surface area contributed by atoms with Crippen molar-refractivity contribution in [3.8, 4) is 5.75 Å². The van der Waals surface area contributed by atoms with Crippen molar-refractivity contribution in [2.45, 2.75) is 32.2 Å². The average molecular weight is 339 g/mol. The van der Waals surface area contributed by atoms with Crippen molar-refractivity contribution >= 4 is 23.0 Å². The van der Waals surface area contributed by atoms with Crippen molar-refractivity contribution in [2.24, 2.45) is 0 Å². The lowest BCUT2D eigenvalue weighted by atomic mass is 10.0. The van der Waals surface area contributed by atoms with Gasteiger partial charge in [-0.2, -0.15) is 0 Å². The second-order valence-electron chi connectivity index (χ2n) is 6.46. The third-order valence-corrected chi connectivity index (χ3v) is 4.52. The molecule has 132 valence electrons. The normalized spacial score (nSPS) is 17.2. The summed E-state index contributed by atoms with van der Waals surface area (Å²) in [7, 11) is 0. The number of nitrogen functional groups attached to an aromatic ring is 1. The van der Waals surface area contributed by atoms with Crippen molar-refractivity contribution in [3.63, 3.8) is 0 Å². The lowest BCUT2D eigenvalue weighted by Crippen LogP contribution is -2.38. The van der Waals surface area contributed by atoms with E-state index in [1.807, 2.05) is 48.5 Å². The van der Waals surface area contributed by atoms with Gasteiger partial charge >= 0.3 is 0 Å². The van der Waals surface area contributed by atoms with Gasteiger partial charge in [-0.25, -0.2) is 0 Å². The summed E-state index contributed by atoms with van der Waals surface area (Å²) in [4.78, 5) is 14.7. The van der Waals surface area contributed by atoms with Crippen molar-refractivity contribution < 1.29 is 9.53 Å². The molecule has 3 N–H and O–H groups in total. The van der Waals surface area contributed by atoms with Crippen LogP contribution in [0.15, 0.2) is 48.5 Å². The van der Waals surface area contributed by atoms with Crippen LogP contribution in [0.5, 0.6) is 5.75 Å². The van der Waals surface area contributed by atoms with Gasteiger partial charge in [0.25, 0.3) is 5.91 Å². The summed E-state index contributed by atoms with van der Waals surface area (Å²) < 4.78 is 5.52. The van der Waals surface area contributed by atoms with E-state index in [9.17, 15) is 4.79 Å². The number of piperidine rings is 1. The smallest absolute Gasteiger partial charge is 0.262 e. The van der Waals surface area contributed by atoms with Crippen LogP contribution in [0.25, 0.3) is 0 Å². The number of para-hydroxylation sites is 1. The molecule has 5 nitrogen and oxygen atoms in total. The SMILES string of the molecule is CC1CCCCN1c1ccc(N)cc1NC(=O)COc1ccccc1. The van der Waals surface area contributed by atoms with Gasteiger partial charge in [-0.15, -0.1) is 0 Å². The zero-order valence-corrected chi connectivity index (χ0v) is 14.6. The summed E-state index contributed by atoms with van der Waals surface area (Å²) in [6, 6.07) is 15.5. The minimum absolute atomic E-state index is 0.0339. The van der Waals surface area contributed by atoms with Gasteiger partial charge in [-0.3, -0.25) is 4.79 Å². The first kappa shape index (κ1) is 17.1. The Morgan fingerprint density at radius 3 is 2.80 bits per heavy atom. The van der Waals surface area contributed by atoms with E-state index in [4.69, 9.17) is 10.5 Å². The molecule has 0 radical (unpaired) electrons. The molecule has 1 fully saturated rings. The number of rotatable bonds is 5. The van der Waals surface area contributed by atoms with Gasteiger partial charge in [0.15, 0.2) is 6.61 Å². The summed E-state index contributed by atoms with van der Waals surface area (Å²) in [5, 5.41) is 2.95. The van der Waals surface area contributed by atoms with Crippen LogP contribution in [0.3, 0.4) is 0 Å². The molecule has 2 aromatic rings. The molecular weight excluding hydrogens is 314 g/mol. The fraction of sp³-hybridized carbons (Fsp3) is 0.350. The number of ether oxygens (including phenoxy) is 1. The monoisotopic (exact) mass is 339 g/mol. The quantitative estimate of drug-likeness (QED) is 0.816. The van der Waals surface area contributed by atoms with E-state index in [0.29, 0.717) is 17.5 Å². The maximum absolute atomic E-state index is 12.3. The second kappa shape index (κ2) is 7.92. The number of benzene rings is 2. The number of nitrogens with two attached hydrogens (primary N) is 1. The molecule has 0 aliphatic carbocycles. The molecule has 1 heterocycles. The topological polar surface area (TPSA) is 67.6 Å². The second-order valence-corrected chi connectivity index (χ2v) is 6.46. The first-order valence-electron chi connectivity index (χ1n) is 8.77. The van der Waals surface area contributed by atoms with Gasteiger partial charge in [0.1, 0.15) is 5.75 Å². The molecule has 2 aromatic carbocycles. The third kappa shape index (κ3) is 4.44. The van der Waals surface area contributed by atoms with Gasteiger partial charge in [0, 0.05) is 18.3 Å². The molecule has 1 atom stereocenters. The Hall–Kier alpha value is -2.69. The van der Waals surface area contributed by atoms with Gasteiger partial charge in [0.05, 0.1) is 11.4 Å². The molecule has 1 aliphatic rings. The Kier molecular flexibility index (Phi) is 5.43. The molecule has 0 spiro atoms. The highest BCUT2D eigenvalue weighted by atomic mass is 16.5. The average Bonchev–Trinajstić information content (AvgIpc) is 2.62. The van der Waals surface area contributed by atoms with E-state index in [1.165, 1.54) is 12.8 Å². The van der Waals surface area contributed by atoms with Crippen LogP contribution in [0.4, 0.5) is 17.1 Å². The van der Waals surface area contributed by atoms with E-state index >= 15 is 0 Å². The highest BCUT2D eigenvalue weighted by molar-refractivity contribution is 5.96. The molecule has 0 bridgehead atoms. The molecule has 1 unspecified atom stereocenters. The molecule has 5 heteroatoms. The summed E-state index contributed by atoms with van der Waals surface area (Å²) in [5.74, 6) is 0.482. The molecule has 0 aromatic heterocycles. The van der Waals surface area contributed by atoms with Crippen LogP contribution in [0, 0.1) is 0 Å².